The van der Waals surface area contributed by atoms with E-state index in [1.807, 2.05) is 30.3 Å². The monoisotopic (exact) mass is 577 g/mol. The molecule has 0 aliphatic carbocycles. The number of aromatic nitrogens is 2. The van der Waals surface area contributed by atoms with Crippen LogP contribution in [0.5, 0.6) is 0 Å². The molecule has 0 aliphatic heterocycles. The Kier molecular flexibility index (Phi) is 9.26. The second-order valence-corrected chi connectivity index (χ2v) is 11.9. The number of ether oxygens (including phenoxy) is 1. The van der Waals surface area contributed by atoms with Crippen molar-refractivity contribution < 1.29 is 14.3 Å². The highest BCUT2D eigenvalue weighted by molar-refractivity contribution is 9.11. The molecule has 0 saturated carbocycles. The normalized spacial score (nSPS) is 12.4. The lowest BCUT2D eigenvalue weighted by Gasteiger charge is -2.24. The number of alkyl carbamates (subject to hydrolysis) is 1. The van der Waals surface area contributed by atoms with Crippen LogP contribution in [-0.2, 0) is 16.1 Å². The molecule has 0 spiro atoms. The van der Waals surface area contributed by atoms with E-state index >= 15 is 0 Å². The van der Waals surface area contributed by atoms with Crippen LogP contribution in [0.1, 0.15) is 44.6 Å². The van der Waals surface area contributed by atoms with Crippen LogP contribution in [0.25, 0.3) is 10.2 Å². The van der Waals surface area contributed by atoms with Crippen LogP contribution in [0.4, 0.5) is 4.79 Å². The van der Waals surface area contributed by atoms with Crippen LogP contribution in [0.3, 0.4) is 0 Å². The average Bonchev–Trinajstić information content (AvgIpc) is 3.18. The number of carbonyl (C=O) groups is 2. The summed E-state index contributed by atoms with van der Waals surface area (Å²) in [5.74, 6) is 0.123. The lowest BCUT2D eigenvalue weighted by Crippen LogP contribution is -2.42. The zero-order valence-electron chi connectivity index (χ0n) is 21.1. The molecular weight excluding hydrogens is 546 g/mol. The van der Waals surface area contributed by atoms with Gasteiger partial charge in [0.25, 0.3) is 5.56 Å². The molecule has 2 heterocycles. The molecule has 0 saturated heterocycles. The maximum Gasteiger partial charge on any atom is 0.407 e. The molecule has 36 heavy (non-hydrogen) atoms. The first-order valence-corrected chi connectivity index (χ1v) is 13.2. The minimum Gasteiger partial charge on any atom is -0.444 e. The largest absolute Gasteiger partial charge is 0.444 e. The number of amides is 2. The number of rotatable bonds is 9. The Balaban J connectivity index is 1.88. The van der Waals surface area contributed by atoms with Crippen molar-refractivity contribution in [1.29, 1.82) is 0 Å². The van der Waals surface area contributed by atoms with Crippen molar-refractivity contribution in [3.63, 3.8) is 0 Å². The Morgan fingerprint density at radius 2 is 1.89 bits per heavy atom. The number of carbonyl (C=O) groups excluding carboxylic acids is 2. The highest BCUT2D eigenvalue weighted by Gasteiger charge is 2.28. The molecule has 1 aromatic carbocycles. The number of nitrogens with one attached hydrogen (secondary N) is 2. The van der Waals surface area contributed by atoms with Gasteiger partial charge in [-0.05, 0) is 61.3 Å². The van der Waals surface area contributed by atoms with Crippen molar-refractivity contribution in [3.8, 4) is 0 Å². The highest BCUT2D eigenvalue weighted by Crippen LogP contribution is 2.27. The standard InChI is InChI=1S/C25H32BrN5O4S/c1-25(2,3)35-24(34)28-13-9-12-27-19(22(32)30(4)5)21-29-17-14-18(26)36-20(17)23(33)31(21)15-16-10-7-6-8-11-16/h6-8,10-11,14,19,27H,9,12-13,15H2,1-5H3,(H,28,34). The Bertz CT molecular complexity index is 1270. The first-order chi connectivity index (χ1) is 17.0. The van der Waals surface area contributed by atoms with Gasteiger partial charge in [-0.25, -0.2) is 9.78 Å². The summed E-state index contributed by atoms with van der Waals surface area (Å²) in [5, 5.41) is 5.96. The van der Waals surface area contributed by atoms with Crippen molar-refractivity contribution in [1.82, 2.24) is 25.1 Å². The van der Waals surface area contributed by atoms with Crippen molar-refractivity contribution >= 4 is 49.5 Å². The molecule has 2 aromatic heterocycles. The number of likely N-dealkylation sites (N-methyl/N-ethyl adjacent to an activating group) is 1. The van der Waals surface area contributed by atoms with Gasteiger partial charge in [0.15, 0.2) is 0 Å². The summed E-state index contributed by atoms with van der Waals surface area (Å²) in [4.78, 5) is 44.9. The maximum absolute atomic E-state index is 13.5. The van der Waals surface area contributed by atoms with Gasteiger partial charge in [0.05, 0.1) is 15.8 Å². The summed E-state index contributed by atoms with van der Waals surface area (Å²) < 4.78 is 8.14. The SMILES string of the molecule is CN(C)C(=O)C(NCCCNC(=O)OC(C)(C)C)c1nc2cc(Br)sc2c(=O)n1Cc1ccccc1. The van der Waals surface area contributed by atoms with E-state index in [1.54, 1.807) is 45.5 Å². The first-order valence-electron chi connectivity index (χ1n) is 11.6. The molecule has 0 bridgehead atoms. The predicted molar refractivity (Wildman–Crippen MR) is 145 cm³/mol. The van der Waals surface area contributed by atoms with Gasteiger partial charge in [-0.2, -0.15) is 0 Å². The molecule has 0 radical (unpaired) electrons. The molecule has 2 amide bonds. The highest BCUT2D eigenvalue weighted by atomic mass is 79.9. The zero-order valence-corrected chi connectivity index (χ0v) is 23.5. The molecule has 2 N–H and O–H groups in total. The van der Waals surface area contributed by atoms with Crippen LogP contribution < -0.4 is 16.2 Å². The molecular formula is C25H32BrN5O4S. The molecule has 194 valence electrons. The van der Waals surface area contributed by atoms with Gasteiger partial charge in [0.2, 0.25) is 5.91 Å². The Morgan fingerprint density at radius 3 is 2.53 bits per heavy atom. The summed E-state index contributed by atoms with van der Waals surface area (Å²) in [5.41, 5.74) is 0.699. The van der Waals surface area contributed by atoms with E-state index in [2.05, 4.69) is 26.6 Å². The molecule has 3 aromatic rings. The average molecular weight is 579 g/mol. The number of thiophene rings is 1. The summed E-state index contributed by atoms with van der Waals surface area (Å²) in [6, 6.07) is 10.5. The van der Waals surface area contributed by atoms with Crippen LogP contribution in [-0.4, -0.2) is 59.2 Å². The van der Waals surface area contributed by atoms with Crippen LogP contribution in [0, 0.1) is 0 Å². The van der Waals surface area contributed by atoms with Gasteiger partial charge >= 0.3 is 6.09 Å². The number of fused-ring (bicyclic) bond motifs is 1. The number of benzene rings is 1. The van der Waals surface area contributed by atoms with E-state index in [0.29, 0.717) is 35.6 Å². The molecule has 9 nitrogen and oxygen atoms in total. The fraction of sp³-hybridized carbons (Fsp3) is 0.440. The van der Waals surface area contributed by atoms with Crippen molar-refractivity contribution in [3.05, 3.63) is 61.9 Å². The van der Waals surface area contributed by atoms with Crippen LogP contribution in [0.2, 0.25) is 0 Å². The lowest BCUT2D eigenvalue weighted by molar-refractivity contribution is -0.131. The number of hydrogen-bond donors (Lipinski definition) is 2. The smallest absolute Gasteiger partial charge is 0.407 e. The van der Waals surface area contributed by atoms with E-state index in [4.69, 9.17) is 9.72 Å². The summed E-state index contributed by atoms with van der Waals surface area (Å²) in [6.07, 6.45) is 0.0567. The summed E-state index contributed by atoms with van der Waals surface area (Å²) >= 11 is 4.77. The quantitative estimate of drug-likeness (QED) is 0.374. The van der Waals surface area contributed by atoms with Crippen molar-refractivity contribution in [2.24, 2.45) is 0 Å². The number of halogens is 1. The molecule has 3 rings (SSSR count). The van der Waals surface area contributed by atoms with Gasteiger partial charge in [-0.1, -0.05) is 30.3 Å². The van der Waals surface area contributed by atoms with Gasteiger partial charge in [0, 0.05) is 20.6 Å². The van der Waals surface area contributed by atoms with E-state index in [0.717, 1.165) is 9.35 Å². The fourth-order valence-electron chi connectivity index (χ4n) is 3.52. The third kappa shape index (κ3) is 7.37. The first kappa shape index (κ1) is 27.8. The maximum atomic E-state index is 13.5. The second kappa shape index (κ2) is 12.0. The van der Waals surface area contributed by atoms with Gasteiger partial charge in [-0.15, -0.1) is 11.3 Å². The predicted octanol–water partition coefficient (Wildman–Crippen LogP) is 3.90. The Labute approximate surface area is 223 Å². The summed E-state index contributed by atoms with van der Waals surface area (Å²) in [7, 11) is 3.33. The fourth-order valence-corrected chi connectivity index (χ4v) is 5.00. The lowest BCUT2D eigenvalue weighted by atomic mass is 10.2. The van der Waals surface area contributed by atoms with Gasteiger partial charge in [-0.3, -0.25) is 19.5 Å². The van der Waals surface area contributed by atoms with Gasteiger partial charge in [0.1, 0.15) is 22.2 Å². The number of nitrogens with zero attached hydrogens (tertiary/aromatic N) is 3. The minimum atomic E-state index is -0.846. The molecule has 11 heteroatoms. The molecule has 0 aliphatic rings. The van der Waals surface area contributed by atoms with E-state index in [-0.39, 0.29) is 18.0 Å². The van der Waals surface area contributed by atoms with Crippen molar-refractivity contribution in [2.45, 2.75) is 45.4 Å². The minimum absolute atomic E-state index is 0.195. The summed E-state index contributed by atoms with van der Waals surface area (Å²) in [6.45, 7) is 6.47. The molecule has 1 unspecified atom stereocenters. The number of hydrogen-bond acceptors (Lipinski definition) is 7. The van der Waals surface area contributed by atoms with E-state index < -0.39 is 17.7 Å². The third-order valence-corrected chi connectivity index (χ3v) is 6.75. The van der Waals surface area contributed by atoms with Crippen LogP contribution >= 0.6 is 27.3 Å². The second-order valence-electron chi connectivity index (χ2n) is 9.51. The third-order valence-electron chi connectivity index (χ3n) is 5.13. The van der Waals surface area contributed by atoms with E-state index in [1.165, 1.54) is 16.2 Å². The Morgan fingerprint density at radius 1 is 1.19 bits per heavy atom. The van der Waals surface area contributed by atoms with Crippen LogP contribution in [0.15, 0.2) is 45.0 Å². The van der Waals surface area contributed by atoms with E-state index in [9.17, 15) is 14.4 Å². The molecule has 1 atom stereocenters. The van der Waals surface area contributed by atoms with Crippen molar-refractivity contribution in [2.75, 3.05) is 27.2 Å². The van der Waals surface area contributed by atoms with Gasteiger partial charge < -0.3 is 15.0 Å². The topological polar surface area (TPSA) is 106 Å². The zero-order chi connectivity index (χ0) is 26.5. The molecule has 0 fully saturated rings. The Hall–Kier alpha value is -2.76.